The van der Waals surface area contributed by atoms with Crippen LogP contribution in [0.3, 0.4) is 0 Å². The van der Waals surface area contributed by atoms with Crippen LogP contribution in [0.2, 0.25) is 0 Å². The summed E-state index contributed by atoms with van der Waals surface area (Å²) in [6.07, 6.45) is 2.75. The highest BCUT2D eigenvalue weighted by molar-refractivity contribution is 6.01. The number of nitrogens with zero attached hydrogens (tertiary/aromatic N) is 5. The number of hydrogen-bond acceptors (Lipinski definition) is 9. The molecule has 0 saturated heterocycles. The maximum Gasteiger partial charge on any atom is 0.407 e. The zero-order valence-corrected chi connectivity index (χ0v) is 21.5. The summed E-state index contributed by atoms with van der Waals surface area (Å²) in [6, 6.07) is 5.58. The number of likely N-dealkylation sites (N-methyl/N-ethyl adjacent to an activating group) is 1. The number of carbonyl (C=O) groups is 1. The Morgan fingerprint density at radius 3 is 2.92 bits per heavy atom. The first kappa shape index (κ1) is 25.5. The molecule has 4 rings (SSSR count). The summed E-state index contributed by atoms with van der Waals surface area (Å²) < 4.78 is 17.8. The number of aliphatic imine (C=N–C) groups is 3. The molecule has 0 saturated carbocycles. The number of hydrogen-bond donors (Lipinski definition) is 2. The monoisotopic (exact) mass is 498 g/mol. The number of alkyl carbamates (subject to hydrolysis) is 1. The number of amides is 1. The van der Waals surface area contributed by atoms with Gasteiger partial charge >= 0.3 is 17.9 Å². The second kappa shape index (κ2) is 11.0. The molecule has 11 nitrogen and oxygen atoms in total. The lowest BCUT2D eigenvalue weighted by Crippen LogP contribution is -2.55. The van der Waals surface area contributed by atoms with E-state index in [-0.39, 0.29) is 13.0 Å². The fourth-order valence-electron chi connectivity index (χ4n) is 4.25. The Morgan fingerprint density at radius 2 is 2.14 bits per heavy atom. The molecular weight excluding hydrogens is 462 g/mol. The fourth-order valence-corrected chi connectivity index (χ4v) is 4.25. The van der Waals surface area contributed by atoms with Gasteiger partial charge in [0.1, 0.15) is 0 Å². The van der Waals surface area contributed by atoms with Gasteiger partial charge in [0.25, 0.3) is 0 Å². The van der Waals surface area contributed by atoms with E-state index in [1.165, 1.54) is 0 Å². The van der Waals surface area contributed by atoms with Crippen LogP contribution in [0.1, 0.15) is 39.2 Å². The van der Waals surface area contributed by atoms with Crippen molar-refractivity contribution in [3.63, 3.8) is 0 Å². The van der Waals surface area contributed by atoms with E-state index in [1.807, 2.05) is 38.5 Å². The first-order valence-electron chi connectivity index (χ1n) is 12.3. The second-order valence-corrected chi connectivity index (χ2v) is 9.75. The van der Waals surface area contributed by atoms with Gasteiger partial charge in [0, 0.05) is 19.6 Å². The van der Waals surface area contributed by atoms with Crippen LogP contribution in [-0.2, 0) is 11.3 Å². The van der Waals surface area contributed by atoms with Gasteiger partial charge in [-0.2, -0.15) is 4.99 Å². The minimum absolute atomic E-state index is 0.199. The highest BCUT2D eigenvalue weighted by Crippen LogP contribution is 2.33. The average Bonchev–Trinajstić information content (AvgIpc) is 3.44. The van der Waals surface area contributed by atoms with Crippen molar-refractivity contribution in [1.82, 2.24) is 15.5 Å². The summed E-state index contributed by atoms with van der Waals surface area (Å²) in [5.74, 6) is 3.26. The molecule has 3 aliphatic rings. The number of benzene rings is 1. The lowest BCUT2D eigenvalue weighted by atomic mass is 9.96. The molecule has 36 heavy (non-hydrogen) atoms. The zero-order chi connectivity index (χ0) is 25.7. The summed E-state index contributed by atoms with van der Waals surface area (Å²) >= 11 is 0. The van der Waals surface area contributed by atoms with E-state index >= 15 is 0 Å². The number of rotatable bonds is 9. The highest BCUT2D eigenvalue weighted by Gasteiger charge is 2.54. The topological polar surface area (TPSA) is 112 Å². The van der Waals surface area contributed by atoms with E-state index in [0.29, 0.717) is 36.5 Å². The number of nitrogens with one attached hydrogen (secondary N) is 2. The van der Waals surface area contributed by atoms with Gasteiger partial charge < -0.3 is 29.7 Å². The first-order valence-corrected chi connectivity index (χ1v) is 12.3. The van der Waals surface area contributed by atoms with Crippen molar-refractivity contribution >= 4 is 30.9 Å². The second-order valence-electron chi connectivity index (χ2n) is 9.75. The number of fused-ring (bicyclic) bond motifs is 2. The smallest absolute Gasteiger partial charge is 0.407 e. The van der Waals surface area contributed by atoms with E-state index < -0.39 is 11.6 Å². The molecule has 194 valence electrons. The minimum atomic E-state index is -0.593. The predicted octanol–water partition coefficient (Wildman–Crippen LogP) is 2.21. The molecule has 0 aliphatic carbocycles. The molecule has 3 aliphatic heterocycles. The van der Waals surface area contributed by atoms with E-state index in [4.69, 9.17) is 24.2 Å². The molecular formula is C25H36N7O4+. The van der Waals surface area contributed by atoms with Crippen LogP contribution in [0, 0.1) is 5.92 Å². The summed E-state index contributed by atoms with van der Waals surface area (Å²) in [6.45, 7) is 12.8. The number of guanidine groups is 1. The molecule has 1 amide bonds. The van der Waals surface area contributed by atoms with E-state index in [0.717, 1.165) is 37.3 Å². The summed E-state index contributed by atoms with van der Waals surface area (Å²) in [7, 11) is 1.87. The molecule has 2 atom stereocenters. The minimum Gasteiger partial charge on any atom is -0.454 e. The molecule has 2 N–H and O–H groups in total. The van der Waals surface area contributed by atoms with Crippen LogP contribution < -0.4 is 20.1 Å². The first-order chi connectivity index (χ1) is 17.3. The quantitative estimate of drug-likeness (QED) is 0.307. The molecule has 1 aromatic rings. The van der Waals surface area contributed by atoms with Crippen LogP contribution in [0.5, 0.6) is 11.5 Å². The third-order valence-corrected chi connectivity index (χ3v) is 6.15. The predicted molar refractivity (Wildman–Crippen MR) is 138 cm³/mol. The Morgan fingerprint density at radius 1 is 1.33 bits per heavy atom. The van der Waals surface area contributed by atoms with E-state index in [2.05, 4.69) is 41.1 Å². The number of ether oxygens (including phenoxy) is 3. The third kappa shape index (κ3) is 5.77. The molecule has 0 bridgehead atoms. The van der Waals surface area contributed by atoms with Gasteiger partial charge in [-0.25, -0.2) is 9.37 Å². The SMILES string of the molecule is C=[N+](C)C1=NC(NCC(C)C)=NC2N(CCCCOC(=O)NCc3ccc4c(c3)OCO4)C=NC12C. The van der Waals surface area contributed by atoms with Crippen molar-refractivity contribution in [3.8, 4) is 11.5 Å². The maximum atomic E-state index is 12.1. The van der Waals surface area contributed by atoms with Gasteiger partial charge in [0.15, 0.2) is 17.7 Å². The Kier molecular flexibility index (Phi) is 7.76. The standard InChI is InChI=1S/C25H35N7O4/c1-17(2)13-26-23-29-21(31(4)5)25(3)22(30-23)32(15-28-25)10-6-7-11-34-24(33)27-14-18-8-9-19-20(12-18)36-16-35-19/h8-9,12,15,17,22H,4,6-7,10-11,13-14,16H2,1-3,5H3,(H-,26,27,30,33)/p+1. The number of amidine groups is 1. The van der Waals surface area contributed by atoms with Crippen molar-refractivity contribution in [2.24, 2.45) is 20.9 Å². The molecule has 0 spiro atoms. The van der Waals surface area contributed by atoms with Gasteiger partial charge in [-0.1, -0.05) is 19.9 Å². The number of carbonyl (C=O) groups excluding carboxylic acids is 1. The highest BCUT2D eigenvalue weighted by atomic mass is 16.7. The van der Waals surface area contributed by atoms with Gasteiger partial charge in [-0.05, 0) is 48.4 Å². The molecule has 1 aromatic carbocycles. The molecule has 0 aromatic heterocycles. The largest absolute Gasteiger partial charge is 0.454 e. The Bertz CT molecular complexity index is 1080. The van der Waals surface area contributed by atoms with Gasteiger partial charge in [-0.3, -0.25) is 4.99 Å². The number of unbranched alkanes of at least 4 members (excludes halogenated alkanes) is 1. The lowest BCUT2D eigenvalue weighted by molar-refractivity contribution is -0.367. The van der Waals surface area contributed by atoms with Crippen LogP contribution >= 0.6 is 0 Å². The summed E-state index contributed by atoms with van der Waals surface area (Å²) in [5, 5.41) is 6.10. The van der Waals surface area contributed by atoms with Gasteiger partial charge in [-0.15, -0.1) is 0 Å². The van der Waals surface area contributed by atoms with Crippen LogP contribution in [0.4, 0.5) is 4.79 Å². The van der Waals surface area contributed by atoms with Crippen molar-refractivity contribution in [3.05, 3.63) is 23.8 Å². The third-order valence-electron chi connectivity index (χ3n) is 6.15. The van der Waals surface area contributed by atoms with Crippen molar-refractivity contribution in [2.45, 2.75) is 51.9 Å². The molecule has 0 radical (unpaired) electrons. The summed E-state index contributed by atoms with van der Waals surface area (Å²) in [4.78, 5) is 28.5. The van der Waals surface area contributed by atoms with E-state index in [9.17, 15) is 4.79 Å². The van der Waals surface area contributed by atoms with Gasteiger partial charge in [0.2, 0.25) is 12.3 Å². The van der Waals surface area contributed by atoms with Crippen molar-refractivity contribution in [2.75, 3.05) is 33.5 Å². The molecule has 0 fully saturated rings. The Labute approximate surface area is 212 Å². The lowest BCUT2D eigenvalue weighted by Gasteiger charge is -2.31. The Balaban J connectivity index is 1.21. The summed E-state index contributed by atoms with van der Waals surface area (Å²) in [5.41, 5.74) is 0.323. The van der Waals surface area contributed by atoms with Crippen LogP contribution in [0.25, 0.3) is 0 Å². The van der Waals surface area contributed by atoms with E-state index in [1.54, 1.807) is 4.58 Å². The average molecular weight is 499 g/mol. The van der Waals surface area contributed by atoms with Crippen molar-refractivity contribution < 1.29 is 23.6 Å². The molecule has 3 heterocycles. The maximum absolute atomic E-state index is 12.1. The van der Waals surface area contributed by atoms with Crippen LogP contribution in [-0.4, -0.2) is 85.7 Å². The van der Waals surface area contributed by atoms with Crippen molar-refractivity contribution in [1.29, 1.82) is 0 Å². The molecule has 2 unspecified atom stereocenters. The Hall–Kier alpha value is -3.63. The van der Waals surface area contributed by atoms with Crippen LogP contribution in [0.15, 0.2) is 33.2 Å². The normalized spacial score (nSPS) is 21.7. The zero-order valence-electron chi connectivity index (χ0n) is 21.5. The fraction of sp³-hybridized carbons (Fsp3) is 0.560. The van der Waals surface area contributed by atoms with Gasteiger partial charge in [0.05, 0.1) is 26.7 Å². The molecule has 11 heteroatoms.